The number of Topliss-reactive ketones (excluding diaryl/α,β-unsaturated/α-hetero) is 1. The number of nitrogens with zero attached hydrogens (tertiary/aromatic N) is 1. The fraction of sp³-hybridized carbons (Fsp3) is 0.500. The highest BCUT2D eigenvalue weighted by Gasteiger charge is 2.65. The first kappa shape index (κ1) is 22.9. The van der Waals surface area contributed by atoms with Crippen LogP contribution in [0.25, 0.3) is 0 Å². The van der Waals surface area contributed by atoms with E-state index in [4.69, 9.17) is 4.74 Å². The number of benzene rings is 2. The molecule has 0 N–H and O–H groups in total. The summed E-state index contributed by atoms with van der Waals surface area (Å²) in [6.45, 7) is 5.16. The van der Waals surface area contributed by atoms with Crippen molar-refractivity contribution in [3.8, 4) is 5.75 Å². The van der Waals surface area contributed by atoms with Gasteiger partial charge in [0.15, 0.2) is 0 Å². The molecule has 7 heteroatoms. The summed E-state index contributed by atoms with van der Waals surface area (Å²) in [5, 5.41) is -0.258. The smallest absolute Gasteiger partial charge is 0.216 e. The predicted molar refractivity (Wildman–Crippen MR) is 131 cm³/mol. The third kappa shape index (κ3) is 3.92. The number of thioether (sulfide) groups is 1. The molecule has 5 rings (SSSR count). The van der Waals surface area contributed by atoms with Crippen molar-refractivity contribution >= 4 is 27.6 Å². The number of ketones is 1. The van der Waals surface area contributed by atoms with Crippen LogP contribution in [0.3, 0.4) is 0 Å². The Hall–Kier alpha value is -1.83. The molecule has 0 spiro atoms. The van der Waals surface area contributed by atoms with Crippen molar-refractivity contribution in [2.45, 2.75) is 45.1 Å². The maximum atomic E-state index is 13.7. The molecule has 0 amide bonds. The summed E-state index contributed by atoms with van der Waals surface area (Å²) in [6.07, 6.45) is 2.18. The van der Waals surface area contributed by atoms with E-state index in [9.17, 15) is 13.2 Å². The molecule has 3 fully saturated rings. The molecule has 33 heavy (non-hydrogen) atoms. The highest BCUT2D eigenvalue weighted by Crippen LogP contribution is 2.64. The van der Waals surface area contributed by atoms with Gasteiger partial charge in [0.25, 0.3) is 0 Å². The molecule has 2 aliphatic carbocycles. The Labute approximate surface area is 200 Å². The van der Waals surface area contributed by atoms with Crippen LogP contribution >= 0.6 is 11.8 Å². The normalized spacial score (nSPS) is 29.0. The van der Waals surface area contributed by atoms with Crippen LogP contribution in [0.1, 0.15) is 49.6 Å². The van der Waals surface area contributed by atoms with Crippen LogP contribution in [0, 0.1) is 16.7 Å². The van der Waals surface area contributed by atoms with Crippen molar-refractivity contribution in [1.29, 1.82) is 0 Å². The van der Waals surface area contributed by atoms with Crippen LogP contribution in [-0.4, -0.2) is 36.6 Å². The molecule has 1 saturated heterocycles. The summed E-state index contributed by atoms with van der Waals surface area (Å²) in [5.74, 6) is 1.91. The summed E-state index contributed by atoms with van der Waals surface area (Å²) >= 11 is 1.64. The number of carbonyl (C=O) groups is 1. The quantitative estimate of drug-likeness (QED) is 0.550. The van der Waals surface area contributed by atoms with Crippen LogP contribution < -0.4 is 4.74 Å². The molecule has 3 aliphatic rings. The van der Waals surface area contributed by atoms with E-state index in [1.165, 1.54) is 0 Å². The Morgan fingerprint density at radius 2 is 1.82 bits per heavy atom. The zero-order valence-corrected chi connectivity index (χ0v) is 20.8. The van der Waals surface area contributed by atoms with E-state index in [-0.39, 0.29) is 22.3 Å². The first-order valence-corrected chi connectivity index (χ1v) is 14.3. The third-order valence-electron chi connectivity index (χ3n) is 8.19. The lowest BCUT2D eigenvalue weighted by molar-refractivity contribution is -0.128. The van der Waals surface area contributed by atoms with Crippen LogP contribution in [0.4, 0.5) is 0 Å². The summed E-state index contributed by atoms with van der Waals surface area (Å²) in [7, 11) is -3.58. The van der Waals surface area contributed by atoms with Crippen LogP contribution in [0.2, 0.25) is 0 Å². The molecule has 2 aromatic rings. The van der Waals surface area contributed by atoms with Gasteiger partial charge in [0.2, 0.25) is 10.0 Å². The van der Waals surface area contributed by atoms with E-state index in [1.807, 2.05) is 54.6 Å². The lowest BCUT2D eigenvalue weighted by Crippen LogP contribution is -2.46. The van der Waals surface area contributed by atoms with E-state index in [0.29, 0.717) is 31.9 Å². The van der Waals surface area contributed by atoms with Gasteiger partial charge in [-0.1, -0.05) is 56.3 Å². The minimum Gasteiger partial charge on any atom is -0.489 e. The zero-order chi connectivity index (χ0) is 23.3. The Morgan fingerprint density at radius 1 is 1.09 bits per heavy atom. The second-order valence-electron chi connectivity index (χ2n) is 10.1. The van der Waals surface area contributed by atoms with Gasteiger partial charge in [0.1, 0.15) is 18.1 Å². The average molecular weight is 486 g/mol. The second kappa shape index (κ2) is 8.43. The average Bonchev–Trinajstić information content (AvgIpc) is 3.43. The number of fused-ring (bicyclic) bond motifs is 2. The number of ether oxygens (including phenoxy) is 1. The Balaban J connectivity index is 1.31. The SMILES string of the molecule is CC1(C)C2CCC1(CS(=O)(=O)N1CCSC1c1ccc(OCc3ccccc3)cc1)C(=O)C2. The number of hydrogen-bond donors (Lipinski definition) is 0. The molecule has 3 unspecified atom stereocenters. The summed E-state index contributed by atoms with van der Waals surface area (Å²) < 4.78 is 34.8. The lowest BCUT2D eigenvalue weighted by atomic mass is 9.70. The van der Waals surface area contributed by atoms with Crippen molar-refractivity contribution in [3.05, 3.63) is 65.7 Å². The van der Waals surface area contributed by atoms with E-state index in [1.54, 1.807) is 16.1 Å². The van der Waals surface area contributed by atoms with Gasteiger partial charge in [0, 0.05) is 24.1 Å². The van der Waals surface area contributed by atoms with Crippen molar-refractivity contribution in [2.24, 2.45) is 16.7 Å². The molecule has 1 aliphatic heterocycles. The van der Waals surface area contributed by atoms with Gasteiger partial charge in [-0.15, -0.1) is 11.8 Å². The van der Waals surface area contributed by atoms with E-state index < -0.39 is 15.4 Å². The third-order valence-corrected chi connectivity index (χ3v) is 11.5. The Bertz CT molecular complexity index is 1130. The van der Waals surface area contributed by atoms with E-state index >= 15 is 0 Å². The van der Waals surface area contributed by atoms with E-state index in [0.717, 1.165) is 29.1 Å². The molecule has 1 heterocycles. The number of rotatable bonds is 7. The molecule has 2 bridgehead atoms. The number of carbonyl (C=O) groups excluding carboxylic acids is 1. The minimum atomic E-state index is -3.58. The number of sulfonamides is 1. The molecular weight excluding hydrogens is 454 g/mol. The first-order chi connectivity index (χ1) is 15.7. The van der Waals surface area contributed by atoms with Gasteiger partial charge in [-0.2, -0.15) is 4.31 Å². The van der Waals surface area contributed by atoms with Crippen LogP contribution in [-0.2, 0) is 21.4 Å². The van der Waals surface area contributed by atoms with Crippen molar-refractivity contribution in [1.82, 2.24) is 4.31 Å². The molecule has 5 nitrogen and oxygen atoms in total. The number of hydrogen-bond acceptors (Lipinski definition) is 5. The largest absolute Gasteiger partial charge is 0.489 e. The maximum absolute atomic E-state index is 13.7. The van der Waals surface area contributed by atoms with Gasteiger partial charge < -0.3 is 4.74 Å². The molecule has 3 atom stereocenters. The van der Waals surface area contributed by atoms with Crippen LogP contribution in [0.5, 0.6) is 5.75 Å². The molecule has 176 valence electrons. The zero-order valence-electron chi connectivity index (χ0n) is 19.2. The van der Waals surface area contributed by atoms with E-state index in [2.05, 4.69) is 13.8 Å². The standard InChI is InChI=1S/C26H31NO4S2/c1-25(2)21-12-13-26(25,23(28)16-21)18-33(29,30)27-14-15-32-24(27)20-8-10-22(11-9-20)31-17-19-6-4-3-5-7-19/h3-11,21,24H,12-18H2,1-2H3. The van der Waals surface area contributed by atoms with Crippen molar-refractivity contribution < 1.29 is 17.9 Å². The summed E-state index contributed by atoms with van der Waals surface area (Å²) in [5.41, 5.74) is 1.07. The molecule has 0 radical (unpaired) electrons. The minimum absolute atomic E-state index is 0.0579. The molecule has 2 aromatic carbocycles. The lowest BCUT2D eigenvalue weighted by Gasteiger charge is -2.37. The second-order valence-corrected chi connectivity index (χ2v) is 13.2. The topological polar surface area (TPSA) is 63.7 Å². The van der Waals surface area contributed by atoms with Gasteiger partial charge in [-0.25, -0.2) is 8.42 Å². The van der Waals surface area contributed by atoms with Gasteiger partial charge in [-0.3, -0.25) is 4.79 Å². The molecule has 0 aromatic heterocycles. The van der Waals surface area contributed by atoms with Crippen LogP contribution in [0.15, 0.2) is 54.6 Å². The monoisotopic (exact) mass is 485 g/mol. The maximum Gasteiger partial charge on any atom is 0.216 e. The highest BCUT2D eigenvalue weighted by atomic mass is 32.2. The predicted octanol–water partition coefficient (Wildman–Crippen LogP) is 5.04. The van der Waals surface area contributed by atoms with Crippen molar-refractivity contribution in [2.75, 3.05) is 18.1 Å². The first-order valence-electron chi connectivity index (χ1n) is 11.6. The fourth-order valence-electron chi connectivity index (χ4n) is 5.97. The Kier molecular flexibility index (Phi) is 5.86. The van der Waals surface area contributed by atoms with Crippen molar-refractivity contribution in [3.63, 3.8) is 0 Å². The molecular formula is C26H31NO4S2. The highest BCUT2D eigenvalue weighted by molar-refractivity contribution is 8.01. The summed E-state index contributed by atoms with van der Waals surface area (Å²) in [4.78, 5) is 12.9. The van der Waals surface area contributed by atoms with Gasteiger partial charge in [0.05, 0.1) is 11.1 Å². The van der Waals surface area contributed by atoms with Gasteiger partial charge >= 0.3 is 0 Å². The Morgan fingerprint density at radius 3 is 2.45 bits per heavy atom. The molecule has 2 saturated carbocycles. The summed E-state index contributed by atoms with van der Waals surface area (Å²) in [6, 6.07) is 17.7. The fourth-order valence-corrected chi connectivity index (χ4v) is 10.1. The van der Waals surface area contributed by atoms with Gasteiger partial charge in [-0.05, 0) is 47.4 Å².